The molecular formula is C26H33ClN4O3S. The second-order valence-electron chi connectivity index (χ2n) is 8.59. The molecule has 1 aromatic heterocycles. The van der Waals surface area contributed by atoms with Crippen LogP contribution in [-0.2, 0) is 0 Å². The van der Waals surface area contributed by atoms with Gasteiger partial charge in [-0.3, -0.25) is 9.69 Å². The summed E-state index contributed by atoms with van der Waals surface area (Å²) in [6.45, 7) is 7.90. The van der Waals surface area contributed by atoms with E-state index in [1.54, 1.807) is 18.4 Å². The molecule has 1 aliphatic heterocycles. The van der Waals surface area contributed by atoms with Crippen molar-refractivity contribution < 1.29 is 14.3 Å². The Morgan fingerprint density at radius 2 is 2.00 bits per heavy atom. The number of carbonyl (C=O) groups is 1. The molecule has 7 nitrogen and oxygen atoms in total. The number of benzene rings is 2. The number of aromatic nitrogens is 1. The van der Waals surface area contributed by atoms with Crippen LogP contribution >= 0.6 is 22.9 Å². The molecule has 1 amide bonds. The van der Waals surface area contributed by atoms with Gasteiger partial charge < -0.3 is 19.7 Å². The minimum Gasteiger partial charge on any atom is -0.494 e. The fourth-order valence-corrected chi connectivity index (χ4v) is 5.37. The smallest absolute Gasteiger partial charge is 0.251 e. The minimum atomic E-state index is -0.0651. The number of rotatable bonds is 11. The molecule has 35 heavy (non-hydrogen) atoms. The third-order valence-electron chi connectivity index (χ3n) is 6.13. The second kappa shape index (κ2) is 12.4. The first-order valence-electron chi connectivity index (χ1n) is 12.2. The average Bonchev–Trinajstić information content (AvgIpc) is 3.31. The van der Waals surface area contributed by atoms with Crippen molar-refractivity contribution in [2.24, 2.45) is 0 Å². The summed E-state index contributed by atoms with van der Waals surface area (Å²) in [7, 11) is 1.62. The summed E-state index contributed by atoms with van der Waals surface area (Å²) in [6.07, 6.45) is 3.34. The highest BCUT2D eigenvalue weighted by molar-refractivity contribution is 7.22. The number of fused-ring (bicyclic) bond motifs is 1. The molecule has 0 atom stereocenters. The van der Waals surface area contributed by atoms with Gasteiger partial charge in [0.25, 0.3) is 5.91 Å². The van der Waals surface area contributed by atoms with Gasteiger partial charge in [-0.05, 0) is 36.8 Å². The Kier molecular flexibility index (Phi) is 9.06. The topological polar surface area (TPSA) is 66.9 Å². The van der Waals surface area contributed by atoms with Crippen molar-refractivity contribution >= 4 is 44.2 Å². The van der Waals surface area contributed by atoms with Gasteiger partial charge in [0, 0.05) is 44.8 Å². The number of methoxy groups -OCH3 is 1. The molecule has 1 saturated heterocycles. The summed E-state index contributed by atoms with van der Waals surface area (Å²) in [4.78, 5) is 22.1. The number of carbonyl (C=O) groups excluding carboxylic acids is 1. The van der Waals surface area contributed by atoms with Gasteiger partial charge in [-0.2, -0.15) is 0 Å². The number of hydrogen-bond donors (Lipinski definition) is 1. The van der Waals surface area contributed by atoms with Gasteiger partial charge in [0.05, 0.1) is 23.4 Å². The monoisotopic (exact) mass is 516 g/mol. The van der Waals surface area contributed by atoms with Crippen LogP contribution in [0.15, 0.2) is 36.4 Å². The van der Waals surface area contributed by atoms with Gasteiger partial charge in [-0.1, -0.05) is 48.8 Å². The van der Waals surface area contributed by atoms with E-state index in [0.29, 0.717) is 29.5 Å². The maximum absolute atomic E-state index is 12.6. The Balaban J connectivity index is 1.22. The van der Waals surface area contributed by atoms with Crippen LogP contribution in [0.4, 0.5) is 5.13 Å². The molecule has 0 saturated carbocycles. The lowest BCUT2D eigenvalue weighted by Gasteiger charge is -2.34. The molecule has 2 heterocycles. The summed E-state index contributed by atoms with van der Waals surface area (Å²) in [5.41, 5.74) is 1.45. The van der Waals surface area contributed by atoms with E-state index in [1.807, 2.05) is 36.4 Å². The predicted molar refractivity (Wildman–Crippen MR) is 144 cm³/mol. The van der Waals surface area contributed by atoms with Gasteiger partial charge >= 0.3 is 0 Å². The van der Waals surface area contributed by atoms with Gasteiger partial charge in [0.2, 0.25) is 0 Å². The second-order valence-corrected chi connectivity index (χ2v) is 10.0. The highest BCUT2D eigenvalue weighted by Crippen LogP contribution is 2.38. The minimum absolute atomic E-state index is 0.0651. The fourth-order valence-electron chi connectivity index (χ4n) is 4.12. The number of ether oxygens (including phenoxy) is 2. The van der Waals surface area contributed by atoms with Crippen LogP contribution in [-0.4, -0.2) is 68.8 Å². The van der Waals surface area contributed by atoms with Crippen LogP contribution in [0.2, 0.25) is 5.02 Å². The molecule has 2 aromatic carbocycles. The van der Waals surface area contributed by atoms with E-state index in [0.717, 1.165) is 73.1 Å². The first-order valence-corrected chi connectivity index (χ1v) is 13.4. The Morgan fingerprint density at radius 3 is 2.77 bits per heavy atom. The van der Waals surface area contributed by atoms with Crippen LogP contribution in [0.25, 0.3) is 10.2 Å². The number of anilines is 1. The molecular weight excluding hydrogens is 484 g/mol. The van der Waals surface area contributed by atoms with E-state index in [4.69, 9.17) is 26.1 Å². The van der Waals surface area contributed by atoms with E-state index < -0.39 is 0 Å². The fraction of sp³-hybridized carbons (Fsp3) is 0.462. The molecule has 1 N–H and O–H groups in total. The number of nitrogens with one attached hydrogen (secondary N) is 1. The summed E-state index contributed by atoms with van der Waals surface area (Å²) in [5, 5.41) is 4.61. The Hall–Kier alpha value is -2.55. The van der Waals surface area contributed by atoms with Crippen molar-refractivity contribution in [2.45, 2.75) is 26.2 Å². The molecule has 1 aliphatic rings. The summed E-state index contributed by atoms with van der Waals surface area (Å²) >= 11 is 7.91. The molecule has 188 valence electrons. The maximum atomic E-state index is 12.6. The number of thiazole rings is 1. The van der Waals surface area contributed by atoms with E-state index in [2.05, 4.69) is 22.0 Å². The molecule has 9 heteroatoms. The number of piperazine rings is 1. The standard InChI is InChI=1S/C26H33ClN4O3S/c1-3-4-5-17-34-20-8-6-7-19(18-20)25(32)28-11-12-30-13-15-31(16-14-30)26-29-23-22(35-26)10-9-21(27)24(23)33-2/h6-10,18H,3-5,11-17H2,1-2H3,(H,28,32). The van der Waals surface area contributed by atoms with Crippen molar-refractivity contribution in [3.05, 3.63) is 47.0 Å². The Labute approximate surface area is 216 Å². The lowest BCUT2D eigenvalue weighted by Crippen LogP contribution is -2.48. The maximum Gasteiger partial charge on any atom is 0.251 e. The zero-order valence-corrected chi connectivity index (χ0v) is 22.0. The third kappa shape index (κ3) is 6.57. The zero-order chi connectivity index (χ0) is 24.6. The molecule has 3 aromatic rings. The van der Waals surface area contributed by atoms with E-state index >= 15 is 0 Å². The lowest BCUT2D eigenvalue weighted by atomic mass is 10.2. The SMILES string of the molecule is CCCCCOc1cccc(C(=O)NCCN2CCN(c3nc4c(OC)c(Cl)ccc4s3)CC2)c1. The molecule has 0 aliphatic carbocycles. The lowest BCUT2D eigenvalue weighted by molar-refractivity contribution is 0.0947. The Bertz CT molecular complexity index is 1130. The molecule has 0 spiro atoms. The van der Waals surface area contributed by atoms with Gasteiger partial charge in [-0.15, -0.1) is 0 Å². The van der Waals surface area contributed by atoms with Crippen molar-refractivity contribution in [1.29, 1.82) is 0 Å². The third-order valence-corrected chi connectivity index (χ3v) is 7.51. The van der Waals surface area contributed by atoms with Crippen LogP contribution in [0, 0.1) is 0 Å². The van der Waals surface area contributed by atoms with Crippen LogP contribution in [0.1, 0.15) is 36.5 Å². The molecule has 0 radical (unpaired) electrons. The van der Waals surface area contributed by atoms with Crippen molar-refractivity contribution in [3.63, 3.8) is 0 Å². The summed E-state index contributed by atoms with van der Waals surface area (Å²) in [6, 6.07) is 11.3. The van der Waals surface area contributed by atoms with E-state index in [9.17, 15) is 4.79 Å². The summed E-state index contributed by atoms with van der Waals surface area (Å²) in [5.74, 6) is 1.32. The largest absolute Gasteiger partial charge is 0.494 e. The summed E-state index contributed by atoms with van der Waals surface area (Å²) < 4.78 is 12.3. The predicted octanol–water partition coefficient (Wildman–Crippen LogP) is 5.08. The van der Waals surface area contributed by atoms with Crippen molar-refractivity contribution in [3.8, 4) is 11.5 Å². The zero-order valence-electron chi connectivity index (χ0n) is 20.4. The number of halogens is 1. The van der Waals surface area contributed by atoms with Gasteiger partial charge in [0.1, 0.15) is 11.3 Å². The normalized spacial score (nSPS) is 14.3. The number of hydrogen-bond acceptors (Lipinski definition) is 7. The highest BCUT2D eigenvalue weighted by atomic mass is 35.5. The van der Waals surface area contributed by atoms with Crippen LogP contribution in [0.5, 0.6) is 11.5 Å². The molecule has 4 rings (SSSR count). The van der Waals surface area contributed by atoms with Gasteiger partial charge in [0.15, 0.2) is 10.9 Å². The first-order chi connectivity index (χ1) is 17.1. The first kappa shape index (κ1) is 25.5. The number of amides is 1. The quantitative estimate of drug-likeness (QED) is 0.358. The molecule has 0 unspecified atom stereocenters. The van der Waals surface area contributed by atoms with Crippen molar-refractivity contribution in [2.75, 3.05) is 57.9 Å². The van der Waals surface area contributed by atoms with Gasteiger partial charge in [-0.25, -0.2) is 4.98 Å². The Morgan fingerprint density at radius 1 is 1.17 bits per heavy atom. The van der Waals surface area contributed by atoms with Crippen LogP contribution < -0.4 is 19.7 Å². The van der Waals surface area contributed by atoms with Crippen LogP contribution in [0.3, 0.4) is 0 Å². The number of nitrogens with zero attached hydrogens (tertiary/aromatic N) is 3. The number of unbranched alkanes of at least 4 members (excludes halogenated alkanes) is 2. The van der Waals surface area contributed by atoms with E-state index in [1.165, 1.54) is 0 Å². The molecule has 1 fully saturated rings. The molecule has 0 bridgehead atoms. The average molecular weight is 517 g/mol. The highest BCUT2D eigenvalue weighted by Gasteiger charge is 2.21. The van der Waals surface area contributed by atoms with E-state index in [-0.39, 0.29) is 5.91 Å². The van der Waals surface area contributed by atoms with Crippen molar-refractivity contribution in [1.82, 2.24) is 15.2 Å².